The Morgan fingerprint density at radius 2 is 1.81 bits per heavy atom. The number of hydrogen-bond donors (Lipinski definition) is 2. The topological polar surface area (TPSA) is 56.7 Å². The van der Waals surface area contributed by atoms with Gasteiger partial charge in [-0.2, -0.15) is 0 Å². The number of rotatable bonds is 7. The Morgan fingerprint density at radius 3 is 2.46 bits per heavy atom. The average molecular weight is 373 g/mol. The highest BCUT2D eigenvalue weighted by molar-refractivity contribution is 6.30. The van der Waals surface area contributed by atoms with Crippen LogP contribution in [0, 0.1) is 0 Å². The van der Waals surface area contributed by atoms with Crippen LogP contribution in [0.5, 0.6) is 0 Å². The van der Waals surface area contributed by atoms with Gasteiger partial charge >= 0.3 is 0 Å². The molecule has 0 aliphatic heterocycles. The Hall–Kier alpha value is -2.53. The predicted octanol–water partition coefficient (Wildman–Crippen LogP) is 3.05. The standard InChI is InChI=1S/C20H25ClN4O/c1-3-25(15-16-8-5-4-6-9-16)19(26)14-24-20(22-2)23-13-17-10-7-11-18(21)12-17/h4-12H,3,13-15H2,1-2H3,(H2,22,23,24). The van der Waals surface area contributed by atoms with Crippen LogP contribution in [0.3, 0.4) is 0 Å². The van der Waals surface area contributed by atoms with Crippen LogP contribution in [0.4, 0.5) is 0 Å². The number of halogens is 1. The summed E-state index contributed by atoms with van der Waals surface area (Å²) in [5.74, 6) is 0.608. The van der Waals surface area contributed by atoms with Gasteiger partial charge in [-0.1, -0.05) is 54.1 Å². The smallest absolute Gasteiger partial charge is 0.242 e. The van der Waals surface area contributed by atoms with Crippen molar-refractivity contribution >= 4 is 23.5 Å². The fourth-order valence-corrected chi connectivity index (χ4v) is 2.72. The molecular formula is C20H25ClN4O. The summed E-state index contributed by atoms with van der Waals surface area (Å²) < 4.78 is 0. The van der Waals surface area contributed by atoms with Gasteiger partial charge in [-0.25, -0.2) is 0 Å². The zero-order valence-corrected chi connectivity index (χ0v) is 16.0. The summed E-state index contributed by atoms with van der Waals surface area (Å²) in [7, 11) is 1.68. The number of aliphatic imine (C=N–C) groups is 1. The summed E-state index contributed by atoms with van der Waals surface area (Å²) in [6, 6.07) is 17.6. The number of likely N-dealkylation sites (N-methyl/N-ethyl adjacent to an activating group) is 1. The van der Waals surface area contributed by atoms with Gasteiger partial charge in [-0.3, -0.25) is 9.79 Å². The average Bonchev–Trinajstić information content (AvgIpc) is 2.67. The number of carbonyl (C=O) groups is 1. The van der Waals surface area contributed by atoms with E-state index in [2.05, 4.69) is 15.6 Å². The maximum atomic E-state index is 12.5. The number of amides is 1. The molecule has 0 atom stereocenters. The first-order valence-corrected chi connectivity index (χ1v) is 9.00. The van der Waals surface area contributed by atoms with Gasteiger partial charge in [0.05, 0.1) is 6.54 Å². The lowest BCUT2D eigenvalue weighted by Gasteiger charge is -2.22. The van der Waals surface area contributed by atoms with Gasteiger partial charge in [0.25, 0.3) is 0 Å². The third kappa shape index (κ3) is 6.41. The van der Waals surface area contributed by atoms with Gasteiger partial charge in [0.2, 0.25) is 5.91 Å². The molecular weight excluding hydrogens is 348 g/mol. The predicted molar refractivity (Wildman–Crippen MR) is 107 cm³/mol. The van der Waals surface area contributed by atoms with Crippen LogP contribution in [-0.4, -0.2) is 36.9 Å². The number of guanidine groups is 1. The van der Waals surface area contributed by atoms with E-state index in [1.165, 1.54) is 0 Å². The van der Waals surface area contributed by atoms with Gasteiger partial charge in [0, 0.05) is 31.7 Å². The Kier molecular flexibility index (Phi) is 7.96. The van der Waals surface area contributed by atoms with Crippen molar-refractivity contribution in [3.8, 4) is 0 Å². The summed E-state index contributed by atoms with van der Waals surface area (Å²) in [5.41, 5.74) is 2.16. The van der Waals surface area contributed by atoms with Crippen molar-refractivity contribution in [1.29, 1.82) is 0 Å². The van der Waals surface area contributed by atoms with E-state index in [-0.39, 0.29) is 12.5 Å². The first-order chi connectivity index (χ1) is 12.6. The van der Waals surface area contributed by atoms with Crippen molar-refractivity contribution in [3.05, 3.63) is 70.7 Å². The lowest BCUT2D eigenvalue weighted by atomic mass is 10.2. The van der Waals surface area contributed by atoms with Crippen molar-refractivity contribution < 1.29 is 4.79 Å². The lowest BCUT2D eigenvalue weighted by molar-refractivity contribution is -0.130. The minimum Gasteiger partial charge on any atom is -0.352 e. The van der Waals surface area contributed by atoms with Gasteiger partial charge in [-0.15, -0.1) is 0 Å². The molecule has 26 heavy (non-hydrogen) atoms. The van der Waals surface area contributed by atoms with Crippen molar-refractivity contribution in [3.63, 3.8) is 0 Å². The summed E-state index contributed by atoms with van der Waals surface area (Å²) >= 11 is 5.99. The molecule has 5 nitrogen and oxygen atoms in total. The quantitative estimate of drug-likeness (QED) is 0.580. The van der Waals surface area contributed by atoms with Gasteiger partial charge in [-0.05, 0) is 30.2 Å². The Bertz CT molecular complexity index is 734. The second-order valence-electron chi connectivity index (χ2n) is 5.80. The van der Waals surface area contributed by atoms with E-state index in [9.17, 15) is 4.79 Å². The molecule has 1 amide bonds. The molecule has 2 aromatic rings. The third-order valence-corrected chi connectivity index (χ3v) is 4.17. The zero-order valence-electron chi connectivity index (χ0n) is 15.2. The van der Waals surface area contributed by atoms with E-state index in [0.29, 0.717) is 30.6 Å². The monoisotopic (exact) mass is 372 g/mol. The van der Waals surface area contributed by atoms with Crippen molar-refractivity contribution in [2.45, 2.75) is 20.0 Å². The van der Waals surface area contributed by atoms with E-state index in [1.54, 1.807) is 7.05 Å². The molecule has 0 radical (unpaired) electrons. The molecule has 0 heterocycles. The lowest BCUT2D eigenvalue weighted by Crippen LogP contribution is -2.44. The van der Waals surface area contributed by atoms with Crippen LogP contribution in [0.15, 0.2) is 59.6 Å². The molecule has 0 fully saturated rings. The number of carbonyl (C=O) groups excluding carboxylic acids is 1. The second kappa shape index (κ2) is 10.5. The first-order valence-electron chi connectivity index (χ1n) is 8.63. The molecule has 0 unspecified atom stereocenters. The van der Waals surface area contributed by atoms with Crippen LogP contribution >= 0.6 is 11.6 Å². The number of nitrogens with one attached hydrogen (secondary N) is 2. The Balaban J connectivity index is 1.83. The molecule has 0 saturated heterocycles. The fraction of sp³-hybridized carbons (Fsp3) is 0.300. The largest absolute Gasteiger partial charge is 0.352 e. The van der Waals surface area contributed by atoms with E-state index < -0.39 is 0 Å². The van der Waals surface area contributed by atoms with E-state index >= 15 is 0 Å². The summed E-state index contributed by atoms with van der Waals surface area (Å²) in [5, 5.41) is 6.95. The highest BCUT2D eigenvalue weighted by Crippen LogP contribution is 2.10. The second-order valence-corrected chi connectivity index (χ2v) is 6.24. The molecule has 0 aliphatic rings. The number of nitrogens with zero attached hydrogens (tertiary/aromatic N) is 2. The molecule has 2 N–H and O–H groups in total. The zero-order chi connectivity index (χ0) is 18.8. The van der Waals surface area contributed by atoms with Crippen molar-refractivity contribution in [2.75, 3.05) is 20.1 Å². The van der Waals surface area contributed by atoms with E-state index in [4.69, 9.17) is 11.6 Å². The number of benzene rings is 2. The van der Waals surface area contributed by atoms with Gasteiger partial charge in [0.15, 0.2) is 5.96 Å². The summed E-state index contributed by atoms with van der Waals surface area (Å²) in [6.45, 7) is 4.01. The Morgan fingerprint density at radius 1 is 1.08 bits per heavy atom. The molecule has 0 spiro atoms. The molecule has 2 aromatic carbocycles. The SMILES string of the molecule is CCN(Cc1ccccc1)C(=O)CNC(=NC)NCc1cccc(Cl)c1. The van der Waals surface area contributed by atoms with Crippen molar-refractivity contribution in [1.82, 2.24) is 15.5 Å². The summed E-state index contributed by atoms with van der Waals surface area (Å²) in [4.78, 5) is 18.5. The molecule has 138 valence electrons. The van der Waals surface area contributed by atoms with E-state index in [1.807, 2.05) is 66.4 Å². The van der Waals surface area contributed by atoms with Gasteiger partial charge in [0.1, 0.15) is 0 Å². The minimum absolute atomic E-state index is 0.0297. The van der Waals surface area contributed by atoms with Crippen LogP contribution in [-0.2, 0) is 17.9 Å². The maximum Gasteiger partial charge on any atom is 0.242 e. The van der Waals surface area contributed by atoms with Crippen LogP contribution in [0.25, 0.3) is 0 Å². The number of hydrogen-bond acceptors (Lipinski definition) is 2. The highest BCUT2D eigenvalue weighted by atomic mass is 35.5. The van der Waals surface area contributed by atoms with Gasteiger partial charge < -0.3 is 15.5 Å². The molecule has 2 rings (SSSR count). The molecule has 6 heteroatoms. The highest BCUT2D eigenvalue weighted by Gasteiger charge is 2.12. The molecule has 0 bridgehead atoms. The van der Waals surface area contributed by atoms with Crippen LogP contribution in [0.1, 0.15) is 18.1 Å². The molecule has 0 aliphatic carbocycles. The fourth-order valence-electron chi connectivity index (χ4n) is 2.50. The summed E-state index contributed by atoms with van der Waals surface area (Å²) in [6.07, 6.45) is 0. The first kappa shape index (κ1) is 19.8. The minimum atomic E-state index is 0.0297. The van der Waals surface area contributed by atoms with Crippen LogP contribution in [0.2, 0.25) is 5.02 Å². The van der Waals surface area contributed by atoms with Crippen LogP contribution < -0.4 is 10.6 Å². The normalized spacial score (nSPS) is 11.1. The molecule has 0 aromatic heterocycles. The van der Waals surface area contributed by atoms with E-state index in [0.717, 1.165) is 11.1 Å². The van der Waals surface area contributed by atoms with Crippen molar-refractivity contribution in [2.24, 2.45) is 4.99 Å². The molecule has 0 saturated carbocycles. The maximum absolute atomic E-state index is 12.5. The Labute approximate surface area is 160 Å². The third-order valence-electron chi connectivity index (χ3n) is 3.93.